The molecule has 2 saturated heterocycles. The normalized spacial score (nSPS) is 24.0. The van der Waals surface area contributed by atoms with Crippen LogP contribution in [0.2, 0.25) is 0 Å². The highest BCUT2D eigenvalue weighted by molar-refractivity contribution is 7.90. The topological polar surface area (TPSA) is 102 Å². The lowest BCUT2D eigenvalue weighted by atomic mass is 9.97. The first kappa shape index (κ1) is 23.8. The lowest BCUT2D eigenvalue weighted by Gasteiger charge is -2.34. The second-order valence-electron chi connectivity index (χ2n) is 9.61. The molecular weight excluding hydrogens is 464 g/mol. The Labute approximate surface area is 206 Å². The number of piperidine rings is 1. The Morgan fingerprint density at radius 3 is 2.86 bits per heavy atom. The molecule has 0 aromatic heterocycles. The van der Waals surface area contributed by atoms with E-state index in [0.29, 0.717) is 24.7 Å². The van der Waals surface area contributed by atoms with Crippen LogP contribution >= 0.6 is 0 Å². The van der Waals surface area contributed by atoms with E-state index in [-0.39, 0.29) is 16.5 Å². The summed E-state index contributed by atoms with van der Waals surface area (Å²) >= 11 is 0. The third kappa shape index (κ3) is 5.22. The minimum Gasteiger partial charge on any atom is -0.369 e. The summed E-state index contributed by atoms with van der Waals surface area (Å²) in [4.78, 5) is 17.1. The third-order valence-electron chi connectivity index (χ3n) is 7.13. The fourth-order valence-electron chi connectivity index (χ4n) is 5.50. The largest absolute Gasteiger partial charge is 0.369 e. The van der Waals surface area contributed by atoms with Gasteiger partial charge in [0.1, 0.15) is 10.7 Å². The van der Waals surface area contributed by atoms with E-state index < -0.39 is 16.0 Å². The fourth-order valence-corrected chi connectivity index (χ4v) is 6.37. The summed E-state index contributed by atoms with van der Waals surface area (Å²) in [6.45, 7) is 4.05. The van der Waals surface area contributed by atoms with E-state index in [4.69, 9.17) is 0 Å². The van der Waals surface area contributed by atoms with Crippen molar-refractivity contribution in [3.8, 4) is 0 Å². The number of carbonyl (C=O) groups is 1. The Morgan fingerprint density at radius 1 is 1.23 bits per heavy atom. The second kappa shape index (κ2) is 10.0. The minimum atomic E-state index is -4.60. The number of allylic oxidation sites excluding steroid dienone is 3. The zero-order chi connectivity index (χ0) is 24.4. The van der Waals surface area contributed by atoms with Gasteiger partial charge >= 0.3 is 0 Å². The molecule has 4 aliphatic rings. The zero-order valence-corrected chi connectivity index (χ0v) is 20.5. The molecule has 0 aliphatic carbocycles. The molecule has 9 heteroatoms. The van der Waals surface area contributed by atoms with Crippen molar-refractivity contribution in [2.24, 2.45) is 5.92 Å². The van der Waals surface area contributed by atoms with Gasteiger partial charge in [0, 0.05) is 19.6 Å². The van der Waals surface area contributed by atoms with Crippen molar-refractivity contribution in [1.82, 2.24) is 20.4 Å². The number of benzene rings is 1. The smallest absolute Gasteiger partial charge is 0.297 e. The number of amides is 1. The Morgan fingerprint density at radius 2 is 2.06 bits per heavy atom. The average Bonchev–Trinajstić information content (AvgIpc) is 3.27. The summed E-state index contributed by atoms with van der Waals surface area (Å²) in [6, 6.07) is 10.3. The summed E-state index contributed by atoms with van der Waals surface area (Å²) in [5.74, 6) is 0.616. The number of likely N-dealkylation sites (tertiary alicyclic amines) is 1. The van der Waals surface area contributed by atoms with Crippen LogP contribution in [0.4, 0.5) is 0 Å². The molecule has 4 aliphatic heterocycles. The first-order chi connectivity index (χ1) is 16.9. The second-order valence-corrected chi connectivity index (χ2v) is 11.0. The van der Waals surface area contributed by atoms with Crippen LogP contribution in [0, 0.1) is 5.92 Å². The number of nitrogens with zero attached hydrogens (tertiary/aromatic N) is 2. The van der Waals surface area contributed by atoms with Crippen LogP contribution in [0.5, 0.6) is 0 Å². The number of hydrogen-bond acceptors (Lipinski definition) is 6. The molecule has 1 aromatic carbocycles. The molecule has 1 aromatic rings. The molecule has 0 saturated carbocycles. The molecule has 2 atom stereocenters. The molecule has 2 fully saturated rings. The molecule has 1 amide bonds. The Balaban J connectivity index is 1.20. The van der Waals surface area contributed by atoms with E-state index in [2.05, 4.69) is 39.8 Å². The van der Waals surface area contributed by atoms with Crippen LogP contribution in [0.1, 0.15) is 24.8 Å². The highest BCUT2D eigenvalue weighted by Gasteiger charge is 2.41. The SMILES string of the molecule is O=C(NCC1CCCN(CCCc2ccccc2)C1)C1=CC2CNC3=CC=CC(=C1S(=O)(=O)O)N32. The van der Waals surface area contributed by atoms with Gasteiger partial charge < -0.3 is 20.4 Å². The summed E-state index contributed by atoms with van der Waals surface area (Å²) in [7, 11) is -4.60. The maximum absolute atomic E-state index is 13.2. The van der Waals surface area contributed by atoms with Crippen molar-refractivity contribution in [3.05, 3.63) is 82.2 Å². The minimum absolute atomic E-state index is 0.0221. The van der Waals surface area contributed by atoms with Gasteiger partial charge in [-0.25, -0.2) is 0 Å². The number of aryl methyl sites for hydroxylation is 1. The standard InChI is InChI=1S/C26H32N4O4S/c31-26(22-15-21-17-27-24-12-4-11-23(30(21)24)25(22)35(32,33)34)28-16-20-10-6-14-29(18-20)13-5-9-19-7-2-1-3-8-19/h1-4,7-8,11-12,15,20-21,27H,5-6,9-10,13-14,16-18H2,(H,28,31)(H,32,33,34). The quantitative estimate of drug-likeness (QED) is 0.474. The van der Waals surface area contributed by atoms with E-state index in [1.165, 1.54) is 5.56 Å². The summed E-state index contributed by atoms with van der Waals surface area (Å²) in [5.41, 5.74) is 1.70. The van der Waals surface area contributed by atoms with Crippen LogP contribution in [-0.4, -0.2) is 67.4 Å². The number of hydrogen-bond donors (Lipinski definition) is 3. The van der Waals surface area contributed by atoms with E-state index in [1.807, 2.05) is 17.0 Å². The third-order valence-corrected chi connectivity index (χ3v) is 8.07. The van der Waals surface area contributed by atoms with Crippen molar-refractivity contribution in [3.63, 3.8) is 0 Å². The number of carbonyl (C=O) groups excluding carboxylic acids is 1. The number of rotatable bonds is 8. The lowest BCUT2D eigenvalue weighted by molar-refractivity contribution is -0.117. The molecule has 186 valence electrons. The molecule has 0 bridgehead atoms. The van der Waals surface area contributed by atoms with Gasteiger partial charge in [0.25, 0.3) is 16.0 Å². The molecule has 35 heavy (non-hydrogen) atoms. The van der Waals surface area contributed by atoms with Crippen molar-refractivity contribution in [2.45, 2.75) is 31.7 Å². The molecule has 3 N–H and O–H groups in total. The van der Waals surface area contributed by atoms with Gasteiger partial charge in [0.15, 0.2) is 0 Å². The van der Waals surface area contributed by atoms with Gasteiger partial charge in [0.05, 0.1) is 17.3 Å². The Kier molecular flexibility index (Phi) is 6.82. The maximum Gasteiger partial charge on any atom is 0.297 e. The van der Waals surface area contributed by atoms with Gasteiger partial charge in [-0.1, -0.05) is 36.4 Å². The molecule has 2 unspecified atom stereocenters. The summed E-state index contributed by atoms with van der Waals surface area (Å²) in [5, 5.41) is 6.18. The van der Waals surface area contributed by atoms with Gasteiger partial charge in [-0.2, -0.15) is 8.42 Å². The van der Waals surface area contributed by atoms with Crippen molar-refractivity contribution in [1.29, 1.82) is 0 Å². The van der Waals surface area contributed by atoms with E-state index in [9.17, 15) is 17.8 Å². The molecule has 0 radical (unpaired) electrons. The van der Waals surface area contributed by atoms with Crippen LogP contribution < -0.4 is 10.6 Å². The monoisotopic (exact) mass is 496 g/mol. The molecule has 5 rings (SSSR count). The predicted molar refractivity (Wildman–Crippen MR) is 134 cm³/mol. The summed E-state index contributed by atoms with van der Waals surface area (Å²) < 4.78 is 34.6. The Bertz CT molecular complexity index is 1200. The van der Waals surface area contributed by atoms with E-state index >= 15 is 0 Å². The van der Waals surface area contributed by atoms with E-state index in [1.54, 1.807) is 18.2 Å². The summed E-state index contributed by atoms with van der Waals surface area (Å²) in [6.07, 6.45) is 11.1. The molecule has 8 nitrogen and oxygen atoms in total. The Hall–Kier alpha value is -2.88. The highest BCUT2D eigenvalue weighted by atomic mass is 32.2. The van der Waals surface area contributed by atoms with Crippen LogP contribution in [-0.2, 0) is 21.3 Å². The van der Waals surface area contributed by atoms with Gasteiger partial charge in [-0.15, -0.1) is 0 Å². The molecule has 4 heterocycles. The molecular formula is C26H32N4O4S. The van der Waals surface area contributed by atoms with Gasteiger partial charge in [-0.05, 0) is 68.5 Å². The van der Waals surface area contributed by atoms with Crippen LogP contribution in [0.15, 0.2) is 76.6 Å². The van der Waals surface area contributed by atoms with Gasteiger partial charge in [-0.3, -0.25) is 9.35 Å². The first-order valence-electron chi connectivity index (χ1n) is 12.3. The maximum atomic E-state index is 13.2. The van der Waals surface area contributed by atoms with Crippen molar-refractivity contribution < 1.29 is 17.8 Å². The zero-order valence-electron chi connectivity index (χ0n) is 19.7. The lowest BCUT2D eigenvalue weighted by Crippen LogP contribution is -2.43. The highest BCUT2D eigenvalue weighted by Crippen LogP contribution is 2.37. The average molecular weight is 497 g/mol. The first-order valence-corrected chi connectivity index (χ1v) is 13.7. The number of nitrogens with one attached hydrogen (secondary N) is 2. The van der Waals surface area contributed by atoms with Gasteiger partial charge in [0.2, 0.25) is 0 Å². The molecule has 0 spiro atoms. The van der Waals surface area contributed by atoms with Crippen molar-refractivity contribution in [2.75, 3.05) is 32.7 Å². The van der Waals surface area contributed by atoms with Crippen molar-refractivity contribution >= 4 is 16.0 Å². The van der Waals surface area contributed by atoms with Crippen LogP contribution in [0.3, 0.4) is 0 Å². The predicted octanol–water partition coefficient (Wildman–Crippen LogP) is 2.17. The van der Waals surface area contributed by atoms with Crippen LogP contribution in [0.25, 0.3) is 0 Å². The fraction of sp³-hybridized carbons (Fsp3) is 0.423. The van der Waals surface area contributed by atoms with E-state index in [0.717, 1.165) is 51.1 Å².